The van der Waals surface area contributed by atoms with Gasteiger partial charge in [0.1, 0.15) is 0 Å². The van der Waals surface area contributed by atoms with Crippen LogP contribution in [-0.2, 0) is 16.1 Å². The highest BCUT2D eigenvalue weighted by Gasteiger charge is 2.22. The zero-order valence-corrected chi connectivity index (χ0v) is 16.8. The molecule has 1 aliphatic heterocycles. The van der Waals surface area contributed by atoms with Gasteiger partial charge in [0.05, 0.1) is 13.1 Å². The van der Waals surface area contributed by atoms with Gasteiger partial charge >= 0.3 is 0 Å². The molecule has 0 atom stereocenters. The summed E-state index contributed by atoms with van der Waals surface area (Å²) in [5, 5.41) is 0. The highest BCUT2D eigenvalue weighted by Crippen LogP contribution is 2.12. The number of hydrogen-bond acceptors (Lipinski definition) is 4. The van der Waals surface area contributed by atoms with E-state index >= 15 is 0 Å². The summed E-state index contributed by atoms with van der Waals surface area (Å²) in [5.74, 6) is 0.250. The number of likely N-dealkylation sites (N-methyl/N-ethyl adjacent to an activating group) is 2. The van der Waals surface area contributed by atoms with E-state index in [1.54, 1.807) is 23.9 Å². The van der Waals surface area contributed by atoms with Crippen molar-refractivity contribution in [3.63, 3.8) is 0 Å². The zero-order chi connectivity index (χ0) is 18.4. The first kappa shape index (κ1) is 19.9. The molecule has 0 bridgehead atoms. The largest absolute Gasteiger partial charge is 0.348 e. The van der Waals surface area contributed by atoms with E-state index in [-0.39, 0.29) is 11.8 Å². The number of amides is 2. The smallest absolute Gasteiger partial charge is 0.236 e. The molecule has 0 N–H and O–H groups in total. The Kier molecular flexibility index (Phi) is 7.40. The van der Waals surface area contributed by atoms with Gasteiger partial charge in [0.2, 0.25) is 11.8 Å². The molecule has 7 heteroatoms. The molecule has 1 aliphatic rings. The molecule has 138 valence electrons. The molecule has 0 aromatic heterocycles. The average molecular weight is 411 g/mol. The van der Waals surface area contributed by atoms with Crippen molar-refractivity contribution in [2.45, 2.75) is 6.54 Å². The third-order valence-electron chi connectivity index (χ3n) is 4.44. The predicted molar refractivity (Wildman–Crippen MR) is 102 cm³/mol. The fourth-order valence-electron chi connectivity index (χ4n) is 2.70. The lowest BCUT2D eigenvalue weighted by Crippen LogP contribution is -2.51. The van der Waals surface area contributed by atoms with E-state index in [1.807, 2.05) is 31.3 Å². The van der Waals surface area contributed by atoms with Crippen LogP contribution in [0.4, 0.5) is 0 Å². The van der Waals surface area contributed by atoms with Gasteiger partial charge in [-0.05, 0) is 17.7 Å². The minimum atomic E-state index is 0.124. The van der Waals surface area contributed by atoms with Gasteiger partial charge < -0.3 is 9.80 Å². The quantitative estimate of drug-likeness (QED) is 0.704. The summed E-state index contributed by atoms with van der Waals surface area (Å²) in [5.41, 5.74) is 1.12. The second kappa shape index (κ2) is 9.31. The van der Waals surface area contributed by atoms with Crippen LogP contribution in [0.5, 0.6) is 0 Å². The Labute approximate surface area is 158 Å². The van der Waals surface area contributed by atoms with Gasteiger partial charge in [-0.2, -0.15) is 0 Å². The summed E-state index contributed by atoms with van der Waals surface area (Å²) < 4.78 is 1.04. The van der Waals surface area contributed by atoms with Crippen LogP contribution in [-0.4, -0.2) is 91.8 Å². The van der Waals surface area contributed by atoms with Crippen molar-refractivity contribution >= 4 is 27.7 Å². The SMILES string of the molecule is CN(C)C(=O)CN1CCN(CC(=O)N(C)Cc2ccc(Br)cc2)CC1. The van der Waals surface area contributed by atoms with E-state index in [0.29, 0.717) is 19.6 Å². The first-order valence-corrected chi connectivity index (χ1v) is 9.27. The Morgan fingerprint density at radius 2 is 1.40 bits per heavy atom. The van der Waals surface area contributed by atoms with Crippen molar-refractivity contribution in [2.75, 3.05) is 60.4 Å². The van der Waals surface area contributed by atoms with Crippen molar-refractivity contribution < 1.29 is 9.59 Å². The van der Waals surface area contributed by atoms with Crippen molar-refractivity contribution in [2.24, 2.45) is 0 Å². The standard InChI is InChI=1S/C18H27BrN4O2/c1-20(2)17(24)13-22-8-10-23(11-9-22)14-18(25)21(3)12-15-4-6-16(19)7-5-15/h4-7H,8-14H2,1-3H3. The molecule has 2 amide bonds. The van der Waals surface area contributed by atoms with Crippen LogP contribution < -0.4 is 0 Å². The first-order valence-electron chi connectivity index (χ1n) is 8.48. The maximum absolute atomic E-state index is 12.4. The number of halogens is 1. The second-order valence-corrected chi connectivity index (χ2v) is 7.63. The van der Waals surface area contributed by atoms with Crippen molar-refractivity contribution in [1.29, 1.82) is 0 Å². The maximum Gasteiger partial charge on any atom is 0.236 e. The fraction of sp³-hybridized carbons (Fsp3) is 0.556. The highest BCUT2D eigenvalue weighted by atomic mass is 79.9. The van der Waals surface area contributed by atoms with Gasteiger partial charge in [0.25, 0.3) is 0 Å². The van der Waals surface area contributed by atoms with Crippen LogP contribution in [0.3, 0.4) is 0 Å². The first-order chi connectivity index (χ1) is 11.8. The van der Waals surface area contributed by atoms with Crippen LogP contribution in [0, 0.1) is 0 Å². The molecule has 1 aromatic rings. The molecule has 1 aromatic carbocycles. The minimum absolute atomic E-state index is 0.124. The number of piperazine rings is 1. The number of hydrogen-bond donors (Lipinski definition) is 0. The van der Waals surface area contributed by atoms with Crippen molar-refractivity contribution in [3.8, 4) is 0 Å². The number of rotatable bonds is 6. The lowest BCUT2D eigenvalue weighted by Gasteiger charge is -2.35. The van der Waals surface area contributed by atoms with Crippen LogP contribution in [0.1, 0.15) is 5.56 Å². The molecule has 6 nitrogen and oxygen atoms in total. The molecule has 1 saturated heterocycles. The van der Waals surface area contributed by atoms with E-state index in [0.717, 1.165) is 36.2 Å². The molecule has 0 saturated carbocycles. The average Bonchev–Trinajstić information content (AvgIpc) is 2.58. The summed E-state index contributed by atoms with van der Waals surface area (Å²) >= 11 is 3.42. The van der Waals surface area contributed by atoms with Gasteiger partial charge in [0, 0.05) is 58.3 Å². The Balaban J connectivity index is 1.74. The Morgan fingerprint density at radius 3 is 1.88 bits per heavy atom. The summed E-state index contributed by atoms with van der Waals surface area (Å²) in [6, 6.07) is 8.02. The number of benzene rings is 1. The minimum Gasteiger partial charge on any atom is -0.348 e. The van der Waals surface area contributed by atoms with Gasteiger partial charge in [0.15, 0.2) is 0 Å². The van der Waals surface area contributed by atoms with Crippen LogP contribution in [0.15, 0.2) is 28.7 Å². The summed E-state index contributed by atoms with van der Waals surface area (Å²) in [6.45, 7) is 4.79. The third kappa shape index (κ3) is 6.41. The van der Waals surface area contributed by atoms with Crippen molar-refractivity contribution in [3.05, 3.63) is 34.3 Å². The summed E-state index contributed by atoms with van der Waals surface area (Å²) in [4.78, 5) is 31.9. The molecular formula is C18H27BrN4O2. The number of nitrogens with zero attached hydrogens (tertiary/aromatic N) is 4. The molecule has 1 heterocycles. The van der Waals surface area contributed by atoms with E-state index in [1.165, 1.54) is 0 Å². The van der Waals surface area contributed by atoms with Crippen molar-refractivity contribution in [1.82, 2.24) is 19.6 Å². The van der Waals surface area contributed by atoms with Gasteiger partial charge in [-0.3, -0.25) is 19.4 Å². The fourth-order valence-corrected chi connectivity index (χ4v) is 2.97. The molecule has 1 fully saturated rings. The Hall–Kier alpha value is -1.44. The molecule has 2 rings (SSSR count). The number of carbonyl (C=O) groups is 2. The molecular weight excluding hydrogens is 384 g/mol. The summed E-state index contributed by atoms with van der Waals surface area (Å²) in [6.07, 6.45) is 0. The van der Waals surface area contributed by atoms with Gasteiger partial charge in [-0.15, -0.1) is 0 Å². The van der Waals surface area contributed by atoms with E-state index < -0.39 is 0 Å². The Morgan fingerprint density at radius 1 is 0.920 bits per heavy atom. The highest BCUT2D eigenvalue weighted by molar-refractivity contribution is 9.10. The Bertz CT molecular complexity index is 583. The third-order valence-corrected chi connectivity index (χ3v) is 4.97. The number of carbonyl (C=O) groups excluding carboxylic acids is 2. The molecule has 0 spiro atoms. The molecule has 25 heavy (non-hydrogen) atoms. The normalized spacial score (nSPS) is 15.8. The van der Waals surface area contributed by atoms with E-state index in [2.05, 4.69) is 25.7 Å². The maximum atomic E-state index is 12.4. The molecule has 0 radical (unpaired) electrons. The van der Waals surface area contributed by atoms with Gasteiger partial charge in [-0.1, -0.05) is 28.1 Å². The topological polar surface area (TPSA) is 47.1 Å². The monoisotopic (exact) mass is 410 g/mol. The van der Waals surface area contributed by atoms with Crippen LogP contribution in [0.2, 0.25) is 0 Å². The van der Waals surface area contributed by atoms with E-state index in [9.17, 15) is 9.59 Å². The van der Waals surface area contributed by atoms with Crippen LogP contribution in [0.25, 0.3) is 0 Å². The zero-order valence-electron chi connectivity index (χ0n) is 15.2. The second-order valence-electron chi connectivity index (χ2n) is 6.72. The van der Waals surface area contributed by atoms with Gasteiger partial charge in [-0.25, -0.2) is 0 Å². The van der Waals surface area contributed by atoms with E-state index in [4.69, 9.17) is 0 Å². The lowest BCUT2D eigenvalue weighted by molar-refractivity contribution is -0.133. The molecule has 0 unspecified atom stereocenters. The predicted octanol–water partition coefficient (Wildman–Crippen LogP) is 1.11. The lowest BCUT2D eigenvalue weighted by atomic mass is 10.2. The van der Waals surface area contributed by atoms with Crippen LogP contribution >= 0.6 is 15.9 Å². The summed E-state index contributed by atoms with van der Waals surface area (Å²) in [7, 11) is 5.40. The molecule has 0 aliphatic carbocycles.